The SMILES string of the molecule is O=C1CC(O)C=C1CCCCCC(F)C(=O)O. The number of carbonyl (C=O) groups excluding carboxylic acids is 1. The second kappa shape index (κ2) is 6.49. The molecule has 0 aromatic heterocycles. The lowest BCUT2D eigenvalue weighted by Crippen LogP contribution is -2.13. The van der Waals surface area contributed by atoms with E-state index < -0.39 is 18.2 Å². The van der Waals surface area contributed by atoms with Gasteiger partial charge in [-0.05, 0) is 37.3 Å². The average molecular weight is 244 g/mol. The van der Waals surface area contributed by atoms with Gasteiger partial charge in [-0.15, -0.1) is 0 Å². The minimum Gasteiger partial charge on any atom is -0.479 e. The molecule has 1 aliphatic carbocycles. The fourth-order valence-corrected chi connectivity index (χ4v) is 1.87. The predicted octanol–water partition coefficient (Wildman–Crippen LogP) is 1.62. The van der Waals surface area contributed by atoms with Crippen LogP contribution in [0.25, 0.3) is 0 Å². The van der Waals surface area contributed by atoms with Crippen molar-refractivity contribution in [3.8, 4) is 0 Å². The van der Waals surface area contributed by atoms with Crippen molar-refractivity contribution in [2.45, 2.75) is 50.8 Å². The monoisotopic (exact) mass is 244 g/mol. The van der Waals surface area contributed by atoms with E-state index in [1.807, 2.05) is 0 Å². The minimum atomic E-state index is -1.79. The van der Waals surface area contributed by atoms with Gasteiger partial charge in [0, 0.05) is 6.42 Å². The van der Waals surface area contributed by atoms with Gasteiger partial charge < -0.3 is 10.2 Å². The van der Waals surface area contributed by atoms with Crippen LogP contribution in [-0.4, -0.2) is 34.2 Å². The molecule has 1 aliphatic rings. The molecule has 0 amide bonds. The smallest absolute Gasteiger partial charge is 0.338 e. The summed E-state index contributed by atoms with van der Waals surface area (Å²) in [6.07, 6.45) is 1.80. The van der Waals surface area contributed by atoms with Gasteiger partial charge in [0.1, 0.15) is 0 Å². The molecule has 5 heteroatoms. The molecule has 0 bridgehead atoms. The van der Waals surface area contributed by atoms with Gasteiger partial charge in [-0.1, -0.05) is 6.42 Å². The van der Waals surface area contributed by atoms with Gasteiger partial charge in [0.15, 0.2) is 12.0 Å². The number of carboxylic acids is 1. The zero-order valence-corrected chi connectivity index (χ0v) is 9.56. The Morgan fingerprint density at radius 2 is 2.18 bits per heavy atom. The van der Waals surface area contributed by atoms with E-state index in [2.05, 4.69) is 0 Å². The van der Waals surface area contributed by atoms with Crippen molar-refractivity contribution in [1.29, 1.82) is 0 Å². The molecular weight excluding hydrogens is 227 g/mol. The lowest BCUT2D eigenvalue weighted by Gasteiger charge is -2.03. The molecule has 2 N–H and O–H groups in total. The highest BCUT2D eigenvalue weighted by molar-refractivity contribution is 5.98. The Labute approximate surface area is 99.1 Å². The van der Waals surface area contributed by atoms with Crippen molar-refractivity contribution >= 4 is 11.8 Å². The number of aliphatic carboxylic acids is 1. The number of carbonyl (C=O) groups is 2. The Morgan fingerprint density at radius 3 is 2.71 bits per heavy atom. The molecule has 0 radical (unpaired) electrons. The van der Waals surface area contributed by atoms with Gasteiger partial charge in [-0.3, -0.25) is 4.79 Å². The fourth-order valence-electron chi connectivity index (χ4n) is 1.87. The third-order valence-electron chi connectivity index (χ3n) is 2.82. The quantitative estimate of drug-likeness (QED) is 0.667. The third kappa shape index (κ3) is 4.65. The molecule has 17 heavy (non-hydrogen) atoms. The largest absolute Gasteiger partial charge is 0.479 e. The van der Waals surface area contributed by atoms with E-state index in [0.717, 1.165) is 6.42 Å². The number of aliphatic hydroxyl groups is 1. The van der Waals surface area contributed by atoms with Gasteiger partial charge in [0.25, 0.3) is 0 Å². The number of halogens is 1. The summed E-state index contributed by atoms with van der Waals surface area (Å²) in [6, 6.07) is 0. The van der Waals surface area contributed by atoms with Gasteiger partial charge >= 0.3 is 5.97 Å². The first-order valence-electron chi connectivity index (χ1n) is 5.79. The van der Waals surface area contributed by atoms with Crippen molar-refractivity contribution < 1.29 is 24.2 Å². The number of rotatable bonds is 7. The number of Topliss-reactive ketones (excluding diaryl/α,β-unsaturated/α-hetero) is 1. The van der Waals surface area contributed by atoms with Crippen LogP contribution in [0.5, 0.6) is 0 Å². The van der Waals surface area contributed by atoms with E-state index in [0.29, 0.717) is 24.8 Å². The number of hydrogen-bond donors (Lipinski definition) is 2. The van der Waals surface area contributed by atoms with Crippen LogP contribution >= 0.6 is 0 Å². The van der Waals surface area contributed by atoms with Crippen LogP contribution in [0.2, 0.25) is 0 Å². The number of alkyl halides is 1. The van der Waals surface area contributed by atoms with Crippen LogP contribution < -0.4 is 0 Å². The summed E-state index contributed by atoms with van der Waals surface area (Å²) in [7, 11) is 0. The second-order valence-electron chi connectivity index (χ2n) is 4.29. The average Bonchev–Trinajstić information content (AvgIpc) is 2.56. The molecule has 4 nitrogen and oxygen atoms in total. The van der Waals surface area contributed by atoms with Crippen molar-refractivity contribution in [2.24, 2.45) is 0 Å². The summed E-state index contributed by atoms with van der Waals surface area (Å²) < 4.78 is 12.7. The summed E-state index contributed by atoms with van der Waals surface area (Å²) in [5.41, 5.74) is 0.646. The molecule has 1 rings (SSSR count). The Kier molecular flexibility index (Phi) is 5.28. The van der Waals surface area contributed by atoms with E-state index in [4.69, 9.17) is 5.11 Å². The van der Waals surface area contributed by atoms with E-state index in [-0.39, 0.29) is 18.6 Å². The molecule has 0 saturated carbocycles. The zero-order valence-electron chi connectivity index (χ0n) is 9.56. The van der Waals surface area contributed by atoms with Crippen LogP contribution in [0, 0.1) is 0 Å². The highest BCUT2D eigenvalue weighted by Gasteiger charge is 2.21. The maximum atomic E-state index is 12.7. The first kappa shape index (κ1) is 13.8. The van der Waals surface area contributed by atoms with Gasteiger partial charge in [-0.2, -0.15) is 0 Å². The van der Waals surface area contributed by atoms with Crippen molar-refractivity contribution in [1.82, 2.24) is 0 Å². The third-order valence-corrected chi connectivity index (χ3v) is 2.82. The molecule has 96 valence electrons. The number of aliphatic hydroxyl groups excluding tert-OH is 1. The van der Waals surface area contributed by atoms with E-state index in [9.17, 15) is 19.1 Å². The molecule has 0 saturated heterocycles. The second-order valence-corrected chi connectivity index (χ2v) is 4.29. The topological polar surface area (TPSA) is 74.6 Å². The predicted molar refractivity (Wildman–Crippen MR) is 59.3 cm³/mol. The van der Waals surface area contributed by atoms with Crippen LogP contribution in [0.4, 0.5) is 4.39 Å². The maximum absolute atomic E-state index is 12.7. The van der Waals surface area contributed by atoms with E-state index in [1.54, 1.807) is 6.08 Å². The van der Waals surface area contributed by atoms with Crippen molar-refractivity contribution in [3.05, 3.63) is 11.6 Å². The van der Waals surface area contributed by atoms with Crippen molar-refractivity contribution in [3.63, 3.8) is 0 Å². The van der Waals surface area contributed by atoms with Gasteiger partial charge in [0.2, 0.25) is 0 Å². The molecule has 2 unspecified atom stereocenters. The Bertz CT molecular complexity index is 324. The highest BCUT2D eigenvalue weighted by atomic mass is 19.1. The Morgan fingerprint density at radius 1 is 1.47 bits per heavy atom. The number of carboxylic acid groups (broad SMARTS) is 1. The summed E-state index contributed by atoms with van der Waals surface area (Å²) in [6.45, 7) is 0. The number of unbranched alkanes of at least 4 members (excludes halogenated alkanes) is 2. The van der Waals surface area contributed by atoms with Gasteiger partial charge in [-0.25, -0.2) is 9.18 Å². The first-order chi connectivity index (χ1) is 8.00. The highest BCUT2D eigenvalue weighted by Crippen LogP contribution is 2.20. The first-order valence-corrected chi connectivity index (χ1v) is 5.79. The van der Waals surface area contributed by atoms with E-state index >= 15 is 0 Å². The van der Waals surface area contributed by atoms with Crippen molar-refractivity contribution in [2.75, 3.05) is 0 Å². The molecule has 0 heterocycles. The Hall–Kier alpha value is -1.23. The molecule has 2 atom stereocenters. The van der Waals surface area contributed by atoms with E-state index in [1.165, 1.54) is 0 Å². The van der Waals surface area contributed by atoms with Crippen LogP contribution in [0.15, 0.2) is 11.6 Å². The molecular formula is C12H17FO4. The summed E-state index contributed by atoms with van der Waals surface area (Å²) >= 11 is 0. The van der Waals surface area contributed by atoms with Gasteiger partial charge in [0.05, 0.1) is 6.10 Å². The minimum absolute atomic E-state index is 0.0188. The van der Waals surface area contributed by atoms with Crippen LogP contribution in [0.3, 0.4) is 0 Å². The molecule has 0 spiro atoms. The van der Waals surface area contributed by atoms with Crippen LogP contribution in [0.1, 0.15) is 38.5 Å². The lowest BCUT2D eigenvalue weighted by molar-refractivity contribution is -0.143. The fraction of sp³-hybridized carbons (Fsp3) is 0.667. The Balaban J connectivity index is 2.11. The number of allylic oxidation sites excluding steroid dienone is 1. The zero-order chi connectivity index (χ0) is 12.8. The molecule has 0 aromatic rings. The summed E-state index contributed by atoms with van der Waals surface area (Å²) in [5.74, 6) is -1.44. The maximum Gasteiger partial charge on any atom is 0.338 e. The molecule has 0 aliphatic heterocycles. The number of hydrogen-bond acceptors (Lipinski definition) is 3. The summed E-state index contributed by atoms with van der Waals surface area (Å²) in [5, 5.41) is 17.5. The molecule has 0 aromatic carbocycles. The lowest BCUT2D eigenvalue weighted by atomic mass is 10.0. The van der Waals surface area contributed by atoms with Crippen LogP contribution in [-0.2, 0) is 9.59 Å². The molecule has 0 fully saturated rings. The standard InChI is InChI=1S/C12H17FO4/c13-10(12(16)17)5-3-1-2-4-8-6-9(14)7-11(8)15/h6,9-10,14H,1-5,7H2,(H,16,17). The number of ketones is 1. The normalized spacial score (nSPS) is 21.4. The summed E-state index contributed by atoms with van der Waals surface area (Å²) in [4.78, 5) is 21.5.